The number of carbonyl (C=O) groups excluding carboxylic acids is 1. The van der Waals surface area contributed by atoms with E-state index in [0.29, 0.717) is 12.0 Å². The van der Waals surface area contributed by atoms with Crippen molar-refractivity contribution < 1.29 is 4.79 Å². The molecule has 0 radical (unpaired) electrons. The summed E-state index contributed by atoms with van der Waals surface area (Å²) in [6, 6.07) is 8.32. The molecule has 4 bridgehead atoms. The summed E-state index contributed by atoms with van der Waals surface area (Å²) in [7, 11) is 0. The quantitative estimate of drug-likeness (QED) is 0.757. The van der Waals surface area contributed by atoms with E-state index in [9.17, 15) is 4.79 Å². The molecule has 0 aromatic heterocycles. The van der Waals surface area contributed by atoms with Gasteiger partial charge in [0.25, 0.3) is 0 Å². The molecule has 0 heterocycles. The summed E-state index contributed by atoms with van der Waals surface area (Å²) in [4.78, 5) is 12.4. The van der Waals surface area contributed by atoms with Crippen LogP contribution in [-0.4, -0.2) is 12.1 Å². The highest BCUT2D eigenvalue weighted by Crippen LogP contribution is 2.61. The Balaban J connectivity index is 1.34. The Bertz CT molecular complexity index is 595. The molecule has 0 spiro atoms. The van der Waals surface area contributed by atoms with Gasteiger partial charge < -0.3 is 10.6 Å². The molecule has 4 heteroatoms. The minimum atomic E-state index is -0.0294. The lowest BCUT2D eigenvalue weighted by Crippen LogP contribution is -2.57. The number of amides is 2. The van der Waals surface area contributed by atoms with E-state index in [0.717, 1.165) is 27.8 Å². The van der Waals surface area contributed by atoms with Crippen molar-refractivity contribution in [3.8, 4) is 0 Å². The lowest BCUT2D eigenvalue weighted by molar-refractivity contribution is -0.0682. The molecule has 5 rings (SSSR count). The second kappa shape index (κ2) is 6.36. The van der Waals surface area contributed by atoms with Crippen LogP contribution >= 0.6 is 15.9 Å². The summed E-state index contributed by atoms with van der Waals surface area (Å²) in [6.07, 6.45) is 8.31. The molecule has 2 amide bonds. The van der Waals surface area contributed by atoms with E-state index in [-0.39, 0.29) is 12.1 Å². The van der Waals surface area contributed by atoms with Gasteiger partial charge in [0.2, 0.25) is 0 Å². The third-order valence-electron chi connectivity index (χ3n) is 6.69. The normalized spacial score (nSPS) is 34.8. The van der Waals surface area contributed by atoms with Gasteiger partial charge >= 0.3 is 6.03 Å². The number of urea groups is 1. The largest absolute Gasteiger partial charge is 0.335 e. The van der Waals surface area contributed by atoms with Crippen molar-refractivity contribution in [2.24, 2.45) is 23.2 Å². The summed E-state index contributed by atoms with van der Waals surface area (Å²) in [5.74, 6) is 2.76. The van der Waals surface area contributed by atoms with Crippen molar-refractivity contribution in [2.45, 2.75) is 58.0 Å². The minimum absolute atomic E-state index is 0.0294. The Kier molecular flexibility index (Phi) is 4.36. The van der Waals surface area contributed by atoms with Crippen molar-refractivity contribution in [1.82, 2.24) is 10.6 Å². The number of carbonyl (C=O) groups is 1. The SMILES string of the molecule is CC(NC(=O)NCc1cccc(Br)c1)C12CC3CC(CC(C3)C1)C2. The summed E-state index contributed by atoms with van der Waals surface area (Å²) in [6.45, 7) is 2.80. The van der Waals surface area contributed by atoms with E-state index in [2.05, 4.69) is 33.5 Å². The van der Waals surface area contributed by atoms with E-state index >= 15 is 0 Å². The van der Waals surface area contributed by atoms with Gasteiger partial charge in [-0.1, -0.05) is 28.1 Å². The number of hydrogen-bond donors (Lipinski definition) is 2. The van der Waals surface area contributed by atoms with Gasteiger partial charge in [0.05, 0.1) is 0 Å². The molecule has 4 aliphatic rings. The highest BCUT2D eigenvalue weighted by Gasteiger charge is 2.53. The summed E-state index contributed by atoms with van der Waals surface area (Å²) < 4.78 is 1.05. The summed E-state index contributed by atoms with van der Waals surface area (Å²) in [5.41, 5.74) is 1.48. The van der Waals surface area contributed by atoms with Crippen LogP contribution in [0.1, 0.15) is 51.0 Å². The van der Waals surface area contributed by atoms with Crippen LogP contribution in [0.5, 0.6) is 0 Å². The molecular formula is C20H27BrN2O. The Morgan fingerprint density at radius 2 is 1.83 bits per heavy atom. The number of rotatable bonds is 4. The van der Waals surface area contributed by atoms with Crippen LogP contribution in [0.2, 0.25) is 0 Å². The van der Waals surface area contributed by atoms with Gasteiger partial charge in [0, 0.05) is 17.1 Å². The number of hydrogen-bond acceptors (Lipinski definition) is 1. The van der Waals surface area contributed by atoms with E-state index < -0.39 is 0 Å². The zero-order chi connectivity index (χ0) is 16.7. The van der Waals surface area contributed by atoms with Gasteiger partial charge in [0.15, 0.2) is 0 Å². The average molecular weight is 391 g/mol. The first-order valence-corrected chi connectivity index (χ1v) is 10.1. The molecule has 1 unspecified atom stereocenters. The Morgan fingerprint density at radius 1 is 1.21 bits per heavy atom. The molecule has 1 atom stereocenters. The molecule has 4 saturated carbocycles. The van der Waals surface area contributed by atoms with E-state index in [1.165, 1.54) is 38.5 Å². The maximum absolute atomic E-state index is 12.4. The standard InChI is InChI=1S/C20H27BrN2O/c1-13(20-9-15-5-16(10-20)7-17(6-15)11-20)23-19(24)22-12-14-3-2-4-18(21)8-14/h2-4,8,13,15-17H,5-7,9-12H2,1H3,(H2,22,23,24). The monoisotopic (exact) mass is 390 g/mol. The second-order valence-electron chi connectivity index (χ2n) is 8.46. The minimum Gasteiger partial charge on any atom is -0.335 e. The van der Waals surface area contributed by atoms with Crippen LogP contribution in [0, 0.1) is 23.2 Å². The molecule has 1 aromatic carbocycles. The van der Waals surface area contributed by atoms with Gasteiger partial charge in [-0.3, -0.25) is 0 Å². The van der Waals surface area contributed by atoms with Gasteiger partial charge in [0.1, 0.15) is 0 Å². The highest BCUT2D eigenvalue weighted by molar-refractivity contribution is 9.10. The molecule has 4 fully saturated rings. The molecule has 3 nitrogen and oxygen atoms in total. The summed E-state index contributed by atoms with van der Waals surface area (Å²) >= 11 is 3.47. The lowest BCUT2D eigenvalue weighted by atomic mass is 9.48. The second-order valence-corrected chi connectivity index (χ2v) is 9.37. The van der Waals surface area contributed by atoms with Gasteiger partial charge in [-0.15, -0.1) is 0 Å². The first kappa shape index (κ1) is 16.4. The van der Waals surface area contributed by atoms with Crippen LogP contribution in [0.3, 0.4) is 0 Å². The molecule has 1 aromatic rings. The molecule has 4 aliphatic carbocycles. The van der Waals surface area contributed by atoms with Crippen LogP contribution in [0.25, 0.3) is 0 Å². The fraction of sp³-hybridized carbons (Fsp3) is 0.650. The molecule has 0 aliphatic heterocycles. The predicted octanol–water partition coefficient (Wildman–Crippen LogP) is 4.85. The fourth-order valence-corrected chi connectivity index (χ4v) is 6.38. The van der Waals surface area contributed by atoms with E-state index in [1.807, 2.05) is 24.3 Å². The Morgan fingerprint density at radius 3 is 2.42 bits per heavy atom. The van der Waals surface area contributed by atoms with Crippen molar-refractivity contribution in [3.63, 3.8) is 0 Å². The summed E-state index contributed by atoms with van der Waals surface area (Å²) in [5, 5.41) is 6.28. The first-order valence-electron chi connectivity index (χ1n) is 9.31. The maximum atomic E-state index is 12.4. The van der Waals surface area contributed by atoms with Gasteiger partial charge in [-0.25, -0.2) is 4.79 Å². The van der Waals surface area contributed by atoms with Gasteiger partial charge in [-0.05, 0) is 86.3 Å². The number of nitrogens with one attached hydrogen (secondary N) is 2. The highest BCUT2D eigenvalue weighted by atomic mass is 79.9. The fourth-order valence-electron chi connectivity index (χ4n) is 5.94. The molecule has 24 heavy (non-hydrogen) atoms. The topological polar surface area (TPSA) is 41.1 Å². The van der Waals surface area contributed by atoms with Gasteiger partial charge in [-0.2, -0.15) is 0 Å². The van der Waals surface area contributed by atoms with Crippen LogP contribution in [0.4, 0.5) is 4.79 Å². The first-order chi connectivity index (χ1) is 11.5. The number of halogens is 1. The van der Waals surface area contributed by atoms with Crippen LogP contribution in [0.15, 0.2) is 28.7 Å². The maximum Gasteiger partial charge on any atom is 0.315 e. The Hall–Kier alpha value is -1.03. The zero-order valence-electron chi connectivity index (χ0n) is 14.4. The van der Waals surface area contributed by atoms with Crippen molar-refractivity contribution in [1.29, 1.82) is 0 Å². The third-order valence-corrected chi connectivity index (χ3v) is 7.19. The van der Waals surface area contributed by atoms with Crippen molar-refractivity contribution >= 4 is 22.0 Å². The predicted molar refractivity (Wildman–Crippen MR) is 99.6 cm³/mol. The van der Waals surface area contributed by atoms with Crippen molar-refractivity contribution in [3.05, 3.63) is 34.3 Å². The lowest BCUT2D eigenvalue weighted by Gasteiger charge is -2.59. The smallest absolute Gasteiger partial charge is 0.315 e. The van der Waals surface area contributed by atoms with E-state index in [1.54, 1.807) is 0 Å². The van der Waals surface area contributed by atoms with Crippen LogP contribution in [-0.2, 0) is 6.54 Å². The molecule has 2 N–H and O–H groups in total. The molecule has 130 valence electrons. The molecular weight excluding hydrogens is 364 g/mol. The average Bonchev–Trinajstić information content (AvgIpc) is 2.52. The number of benzene rings is 1. The zero-order valence-corrected chi connectivity index (χ0v) is 15.9. The molecule has 0 saturated heterocycles. The van der Waals surface area contributed by atoms with Crippen molar-refractivity contribution in [2.75, 3.05) is 0 Å². The Labute approximate surface area is 153 Å². The van der Waals surface area contributed by atoms with Crippen LogP contribution < -0.4 is 10.6 Å². The van der Waals surface area contributed by atoms with E-state index in [4.69, 9.17) is 0 Å². The third kappa shape index (κ3) is 3.22.